The molecule has 0 spiro atoms. The van der Waals surface area contributed by atoms with Crippen molar-refractivity contribution in [3.8, 4) is 0 Å². The van der Waals surface area contributed by atoms with Crippen LogP contribution in [0.1, 0.15) is 10.5 Å². The first kappa shape index (κ1) is 16.1. The first-order chi connectivity index (χ1) is 11.6. The summed E-state index contributed by atoms with van der Waals surface area (Å²) in [6.07, 6.45) is 2.82. The van der Waals surface area contributed by atoms with Crippen LogP contribution < -0.4 is 10.6 Å². The molecule has 120 valence electrons. The number of rotatable bonds is 4. The van der Waals surface area contributed by atoms with Crippen LogP contribution in [0.4, 0.5) is 21.6 Å². The van der Waals surface area contributed by atoms with E-state index in [9.17, 15) is 9.18 Å². The van der Waals surface area contributed by atoms with Crippen LogP contribution >= 0.6 is 15.9 Å². The molecule has 1 heterocycles. The quantitative estimate of drug-likeness (QED) is 0.698. The molecule has 0 aliphatic heterocycles. The van der Waals surface area contributed by atoms with Gasteiger partial charge in [0.1, 0.15) is 17.3 Å². The average Bonchev–Trinajstić information content (AvgIpc) is 2.55. The molecule has 1 aromatic heterocycles. The maximum atomic E-state index is 13.1. The van der Waals surface area contributed by atoms with E-state index in [-0.39, 0.29) is 5.69 Å². The summed E-state index contributed by atoms with van der Waals surface area (Å²) >= 11 is 3.39. The fraction of sp³-hybridized carbons (Fsp3) is 0. The normalized spacial score (nSPS) is 10.2. The molecule has 5 nitrogen and oxygen atoms in total. The Morgan fingerprint density at radius 3 is 2.50 bits per heavy atom. The van der Waals surface area contributed by atoms with Crippen LogP contribution in [0, 0.1) is 5.82 Å². The second-order valence-corrected chi connectivity index (χ2v) is 5.80. The highest BCUT2D eigenvalue weighted by atomic mass is 79.9. The fourth-order valence-electron chi connectivity index (χ4n) is 1.99. The molecule has 24 heavy (non-hydrogen) atoms. The lowest BCUT2D eigenvalue weighted by Crippen LogP contribution is -2.14. The highest BCUT2D eigenvalue weighted by Gasteiger charge is 2.09. The second-order valence-electron chi connectivity index (χ2n) is 4.89. The Balaban J connectivity index is 1.68. The Hall–Kier alpha value is -2.80. The molecule has 1 amide bonds. The number of benzene rings is 2. The standard InChI is InChI=1S/C17H12BrFN4O/c18-11-3-1-5-13(7-11)22-16-10-20-15(9-21-16)17(24)23-14-6-2-4-12(19)8-14/h1-10H,(H,21,22)(H,23,24). The molecule has 0 unspecified atom stereocenters. The van der Waals surface area contributed by atoms with E-state index in [0.717, 1.165) is 10.2 Å². The maximum absolute atomic E-state index is 13.1. The van der Waals surface area contributed by atoms with Gasteiger partial charge in [-0.05, 0) is 36.4 Å². The highest BCUT2D eigenvalue weighted by molar-refractivity contribution is 9.10. The molecule has 2 aromatic carbocycles. The Kier molecular flexibility index (Phi) is 4.81. The van der Waals surface area contributed by atoms with E-state index < -0.39 is 11.7 Å². The Morgan fingerprint density at radius 2 is 1.79 bits per heavy atom. The molecule has 3 rings (SSSR count). The Labute approximate surface area is 146 Å². The van der Waals surface area contributed by atoms with Gasteiger partial charge in [-0.15, -0.1) is 0 Å². The first-order valence-electron chi connectivity index (χ1n) is 7.02. The van der Waals surface area contributed by atoms with Gasteiger partial charge in [-0.3, -0.25) is 4.79 Å². The van der Waals surface area contributed by atoms with Crippen LogP contribution in [0.3, 0.4) is 0 Å². The zero-order valence-corrected chi connectivity index (χ0v) is 13.9. The van der Waals surface area contributed by atoms with Crippen molar-refractivity contribution >= 4 is 39.0 Å². The van der Waals surface area contributed by atoms with E-state index in [4.69, 9.17) is 0 Å². The summed E-state index contributed by atoms with van der Waals surface area (Å²) in [5.41, 5.74) is 1.34. The molecule has 0 saturated heterocycles. The van der Waals surface area contributed by atoms with Gasteiger partial charge in [-0.2, -0.15) is 0 Å². The second kappa shape index (κ2) is 7.18. The van der Waals surface area contributed by atoms with E-state index in [1.165, 1.54) is 30.6 Å². The van der Waals surface area contributed by atoms with Gasteiger partial charge in [0, 0.05) is 15.8 Å². The summed E-state index contributed by atoms with van der Waals surface area (Å²) in [7, 11) is 0. The number of nitrogens with one attached hydrogen (secondary N) is 2. The van der Waals surface area contributed by atoms with E-state index in [1.54, 1.807) is 6.07 Å². The third-order valence-corrected chi connectivity index (χ3v) is 3.56. The van der Waals surface area contributed by atoms with E-state index >= 15 is 0 Å². The average molecular weight is 387 g/mol. The summed E-state index contributed by atoms with van der Waals surface area (Å²) in [6, 6.07) is 13.2. The van der Waals surface area contributed by atoms with Crippen LogP contribution in [0.15, 0.2) is 65.4 Å². The zero-order chi connectivity index (χ0) is 16.9. The number of carbonyl (C=O) groups is 1. The molecule has 0 aliphatic rings. The number of amides is 1. The Morgan fingerprint density at radius 1 is 1.00 bits per heavy atom. The van der Waals surface area contributed by atoms with Gasteiger partial charge in [0.05, 0.1) is 12.4 Å². The van der Waals surface area contributed by atoms with E-state index in [2.05, 4.69) is 36.5 Å². The lowest BCUT2D eigenvalue weighted by molar-refractivity contribution is 0.102. The number of aromatic nitrogens is 2. The summed E-state index contributed by atoms with van der Waals surface area (Å²) in [4.78, 5) is 20.3. The number of halogens is 2. The highest BCUT2D eigenvalue weighted by Crippen LogP contribution is 2.19. The smallest absolute Gasteiger partial charge is 0.275 e. The maximum Gasteiger partial charge on any atom is 0.275 e. The third kappa shape index (κ3) is 4.14. The van der Waals surface area contributed by atoms with Crippen LogP contribution in [-0.4, -0.2) is 15.9 Å². The minimum Gasteiger partial charge on any atom is -0.339 e. The van der Waals surface area contributed by atoms with Gasteiger partial charge in [0.15, 0.2) is 0 Å². The van der Waals surface area contributed by atoms with Gasteiger partial charge in [0.2, 0.25) is 0 Å². The van der Waals surface area contributed by atoms with Crippen molar-refractivity contribution in [2.75, 3.05) is 10.6 Å². The molecular weight excluding hydrogens is 375 g/mol. The summed E-state index contributed by atoms with van der Waals surface area (Å²) in [5.74, 6) is -0.370. The molecule has 7 heteroatoms. The van der Waals surface area contributed by atoms with Crippen molar-refractivity contribution in [1.82, 2.24) is 9.97 Å². The molecule has 0 aliphatic carbocycles. The zero-order valence-electron chi connectivity index (χ0n) is 12.3. The summed E-state index contributed by atoms with van der Waals surface area (Å²) in [5, 5.41) is 5.65. The van der Waals surface area contributed by atoms with E-state index in [1.807, 2.05) is 24.3 Å². The van der Waals surface area contributed by atoms with Crippen molar-refractivity contribution in [1.29, 1.82) is 0 Å². The van der Waals surface area contributed by atoms with Crippen LogP contribution in [-0.2, 0) is 0 Å². The lowest BCUT2D eigenvalue weighted by atomic mass is 10.3. The van der Waals surface area contributed by atoms with Gasteiger partial charge in [-0.1, -0.05) is 28.1 Å². The minimum absolute atomic E-state index is 0.138. The van der Waals surface area contributed by atoms with Crippen molar-refractivity contribution in [2.24, 2.45) is 0 Å². The first-order valence-corrected chi connectivity index (χ1v) is 7.81. The van der Waals surface area contributed by atoms with Crippen molar-refractivity contribution in [3.05, 3.63) is 76.9 Å². The lowest BCUT2D eigenvalue weighted by Gasteiger charge is -2.07. The van der Waals surface area contributed by atoms with Gasteiger partial charge < -0.3 is 10.6 Å². The predicted molar refractivity (Wildman–Crippen MR) is 93.8 cm³/mol. The molecule has 0 atom stereocenters. The molecule has 0 radical (unpaired) electrons. The van der Waals surface area contributed by atoms with Crippen LogP contribution in [0.25, 0.3) is 0 Å². The molecular formula is C17H12BrFN4O. The Bertz CT molecular complexity index is 870. The summed E-state index contributed by atoms with van der Waals surface area (Å²) in [6.45, 7) is 0. The molecule has 0 fully saturated rings. The number of hydrogen-bond donors (Lipinski definition) is 2. The van der Waals surface area contributed by atoms with Crippen molar-refractivity contribution in [2.45, 2.75) is 0 Å². The largest absolute Gasteiger partial charge is 0.339 e. The molecule has 0 bridgehead atoms. The number of carbonyl (C=O) groups excluding carboxylic acids is 1. The van der Waals surface area contributed by atoms with Gasteiger partial charge in [-0.25, -0.2) is 14.4 Å². The number of nitrogens with zero attached hydrogens (tertiary/aromatic N) is 2. The monoisotopic (exact) mass is 386 g/mol. The molecule has 3 aromatic rings. The molecule has 0 saturated carbocycles. The van der Waals surface area contributed by atoms with Crippen molar-refractivity contribution in [3.63, 3.8) is 0 Å². The predicted octanol–water partition coefficient (Wildman–Crippen LogP) is 4.37. The fourth-order valence-corrected chi connectivity index (χ4v) is 2.38. The third-order valence-electron chi connectivity index (χ3n) is 3.06. The van der Waals surface area contributed by atoms with Crippen LogP contribution in [0.2, 0.25) is 0 Å². The topological polar surface area (TPSA) is 66.9 Å². The number of anilines is 3. The van der Waals surface area contributed by atoms with Crippen molar-refractivity contribution < 1.29 is 9.18 Å². The minimum atomic E-state index is -0.456. The SMILES string of the molecule is O=C(Nc1cccc(F)c1)c1cnc(Nc2cccc(Br)c2)cn1. The van der Waals surface area contributed by atoms with Crippen LogP contribution in [0.5, 0.6) is 0 Å². The summed E-state index contributed by atoms with van der Waals surface area (Å²) < 4.78 is 14.1. The van der Waals surface area contributed by atoms with E-state index in [0.29, 0.717) is 11.5 Å². The van der Waals surface area contributed by atoms with Gasteiger partial charge in [0.25, 0.3) is 5.91 Å². The van der Waals surface area contributed by atoms with Gasteiger partial charge >= 0.3 is 0 Å². The number of hydrogen-bond acceptors (Lipinski definition) is 4. The molecule has 2 N–H and O–H groups in total.